The molecule has 1 aromatic rings. The number of rotatable bonds is 6. The summed E-state index contributed by atoms with van der Waals surface area (Å²) in [5.41, 5.74) is 0.268. The number of carboxylic acids is 1. The molecule has 0 aliphatic carbocycles. The first-order valence-electron chi connectivity index (χ1n) is 7.77. The van der Waals surface area contributed by atoms with Gasteiger partial charge >= 0.3 is 12.1 Å². The van der Waals surface area contributed by atoms with Crippen molar-refractivity contribution in [3.05, 3.63) is 42.0 Å². The molecule has 1 aliphatic heterocycles. The molecule has 3 atom stereocenters. The summed E-state index contributed by atoms with van der Waals surface area (Å²) in [6.45, 7) is -0.188. The Kier molecular flexibility index (Phi) is 6.44. The van der Waals surface area contributed by atoms with E-state index in [0.29, 0.717) is 12.8 Å². The summed E-state index contributed by atoms with van der Waals surface area (Å²) in [6, 6.07) is 6.08. The third-order valence-corrected chi connectivity index (χ3v) is 3.80. The van der Waals surface area contributed by atoms with Gasteiger partial charge in [-0.15, -0.1) is 0 Å². The van der Waals surface area contributed by atoms with Gasteiger partial charge in [0.1, 0.15) is 5.75 Å². The highest BCUT2D eigenvalue weighted by Crippen LogP contribution is 2.41. The van der Waals surface area contributed by atoms with Crippen LogP contribution in [0.15, 0.2) is 36.4 Å². The first-order chi connectivity index (χ1) is 11.8. The van der Waals surface area contributed by atoms with E-state index in [1.807, 2.05) is 0 Å². The van der Waals surface area contributed by atoms with E-state index >= 15 is 0 Å². The number of para-hydroxylation sites is 1. The highest BCUT2D eigenvalue weighted by Gasteiger charge is 2.48. The van der Waals surface area contributed by atoms with Crippen molar-refractivity contribution >= 4 is 5.97 Å². The van der Waals surface area contributed by atoms with E-state index in [9.17, 15) is 23.1 Å². The third-order valence-electron chi connectivity index (χ3n) is 3.80. The molecular weight excluding hydrogens is 341 g/mol. The minimum absolute atomic E-state index is 0.0206. The zero-order valence-electron chi connectivity index (χ0n) is 13.3. The lowest BCUT2D eigenvalue weighted by molar-refractivity contribution is -0.353. The van der Waals surface area contributed by atoms with Gasteiger partial charge in [0, 0.05) is 17.9 Å². The van der Waals surface area contributed by atoms with E-state index in [1.165, 1.54) is 12.1 Å². The van der Waals surface area contributed by atoms with Crippen LogP contribution in [0.1, 0.15) is 30.9 Å². The van der Waals surface area contributed by atoms with Crippen LogP contribution in [0.5, 0.6) is 5.75 Å². The molecule has 8 heteroatoms. The minimum Gasteiger partial charge on any atom is -0.508 e. The van der Waals surface area contributed by atoms with Gasteiger partial charge < -0.3 is 19.7 Å². The van der Waals surface area contributed by atoms with Crippen LogP contribution in [-0.4, -0.2) is 35.3 Å². The fourth-order valence-electron chi connectivity index (χ4n) is 2.60. The summed E-state index contributed by atoms with van der Waals surface area (Å²) in [7, 11) is 0. The van der Waals surface area contributed by atoms with Gasteiger partial charge in [-0.05, 0) is 18.9 Å². The van der Waals surface area contributed by atoms with Crippen molar-refractivity contribution in [1.82, 2.24) is 0 Å². The Labute approximate surface area is 142 Å². The van der Waals surface area contributed by atoms with Crippen LogP contribution >= 0.6 is 0 Å². The van der Waals surface area contributed by atoms with Gasteiger partial charge in [0.2, 0.25) is 0 Å². The van der Waals surface area contributed by atoms with Crippen molar-refractivity contribution in [2.75, 3.05) is 6.61 Å². The van der Waals surface area contributed by atoms with Gasteiger partial charge in [0.15, 0.2) is 0 Å². The van der Waals surface area contributed by atoms with Gasteiger partial charge in [0.05, 0.1) is 12.7 Å². The van der Waals surface area contributed by atoms with Crippen molar-refractivity contribution in [3.8, 4) is 5.75 Å². The van der Waals surface area contributed by atoms with Crippen LogP contribution in [0.3, 0.4) is 0 Å². The van der Waals surface area contributed by atoms with Crippen LogP contribution in [0.25, 0.3) is 0 Å². The number of alkyl halides is 3. The second-order valence-corrected chi connectivity index (χ2v) is 5.72. The molecule has 0 aromatic heterocycles. The van der Waals surface area contributed by atoms with Gasteiger partial charge in [-0.1, -0.05) is 30.4 Å². The van der Waals surface area contributed by atoms with Crippen molar-refractivity contribution in [2.45, 2.75) is 37.8 Å². The minimum atomic E-state index is -4.66. The molecule has 1 saturated heterocycles. The molecule has 3 unspecified atom stereocenters. The maximum absolute atomic E-state index is 12.9. The maximum atomic E-state index is 12.9. The van der Waals surface area contributed by atoms with E-state index in [0.717, 1.165) is 0 Å². The number of carboxylic acid groups (broad SMARTS) is 1. The molecule has 2 rings (SSSR count). The number of carbonyl (C=O) groups is 1. The third kappa shape index (κ3) is 5.47. The number of hydrogen-bond acceptors (Lipinski definition) is 4. The number of allylic oxidation sites excluding steroid dienone is 2. The van der Waals surface area contributed by atoms with Gasteiger partial charge in [-0.3, -0.25) is 4.79 Å². The predicted octanol–water partition coefficient (Wildman–Crippen LogP) is 3.80. The summed E-state index contributed by atoms with van der Waals surface area (Å²) in [4.78, 5) is 10.5. The summed E-state index contributed by atoms with van der Waals surface area (Å²) >= 11 is 0. The quantitative estimate of drug-likeness (QED) is 0.755. The Morgan fingerprint density at radius 3 is 2.64 bits per heavy atom. The number of benzene rings is 1. The summed E-state index contributed by atoms with van der Waals surface area (Å²) in [5.74, 6) is -1.50. The second-order valence-electron chi connectivity index (χ2n) is 5.72. The molecule has 5 nitrogen and oxygen atoms in total. The molecule has 1 fully saturated rings. The number of aromatic hydroxyl groups is 1. The molecule has 2 N–H and O–H groups in total. The zero-order chi connectivity index (χ0) is 18.4. The molecule has 0 bridgehead atoms. The maximum Gasteiger partial charge on any atom is 0.440 e. The predicted molar refractivity (Wildman–Crippen MR) is 81.8 cm³/mol. The first-order valence-corrected chi connectivity index (χ1v) is 7.77. The Hall–Kier alpha value is -2.06. The van der Waals surface area contributed by atoms with E-state index < -0.39 is 30.5 Å². The molecule has 1 heterocycles. The fraction of sp³-hybridized carbons (Fsp3) is 0.471. The van der Waals surface area contributed by atoms with Gasteiger partial charge in [-0.2, -0.15) is 13.2 Å². The summed E-state index contributed by atoms with van der Waals surface area (Å²) < 4.78 is 48.6. The van der Waals surface area contributed by atoms with Gasteiger partial charge in [-0.25, -0.2) is 0 Å². The van der Waals surface area contributed by atoms with Crippen molar-refractivity contribution in [3.63, 3.8) is 0 Å². The highest BCUT2D eigenvalue weighted by molar-refractivity contribution is 5.66. The van der Waals surface area contributed by atoms with Crippen LogP contribution in [-0.2, 0) is 14.3 Å². The second kappa shape index (κ2) is 8.35. The highest BCUT2D eigenvalue weighted by atomic mass is 19.4. The standard InChI is InChI=1S/C17H19F3O5/c18-17(19,20)16-24-10-11(6-2-1-3-9-14(22)23)15(25-16)12-7-4-5-8-13(12)21/h1-2,4-5,7-8,11,15-16,21H,3,6,9-10H2,(H,22,23)/b2-1-. The van der Waals surface area contributed by atoms with E-state index in [2.05, 4.69) is 0 Å². The number of hydrogen-bond donors (Lipinski definition) is 2. The Morgan fingerprint density at radius 2 is 2.00 bits per heavy atom. The number of phenolic OH excluding ortho intramolecular Hbond substituents is 1. The lowest BCUT2D eigenvalue weighted by atomic mass is 9.91. The fourth-order valence-corrected chi connectivity index (χ4v) is 2.60. The van der Waals surface area contributed by atoms with Crippen LogP contribution in [0, 0.1) is 5.92 Å². The average molecular weight is 360 g/mol. The summed E-state index contributed by atoms with van der Waals surface area (Å²) in [5, 5.41) is 18.5. The molecule has 138 valence electrons. The summed E-state index contributed by atoms with van der Waals surface area (Å²) in [6.07, 6.45) is -3.99. The van der Waals surface area contributed by atoms with Crippen molar-refractivity contribution < 1.29 is 37.7 Å². The van der Waals surface area contributed by atoms with E-state index in [1.54, 1.807) is 24.3 Å². The Bertz CT molecular complexity index is 615. The molecule has 1 aromatic carbocycles. The smallest absolute Gasteiger partial charge is 0.440 e. The molecule has 25 heavy (non-hydrogen) atoms. The molecule has 0 spiro atoms. The Balaban J connectivity index is 2.11. The lowest BCUT2D eigenvalue weighted by Gasteiger charge is -2.37. The lowest BCUT2D eigenvalue weighted by Crippen LogP contribution is -2.43. The Morgan fingerprint density at radius 1 is 1.28 bits per heavy atom. The average Bonchev–Trinajstić information content (AvgIpc) is 2.54. The number of halogens is 3. The van der Waals surface area contributed by atoms with Crippen LogP contribution in [0.2, 0.25) is 0 Å². The number of ether oxygens (including phenoxy) is 2. The topological polar surface area (TPSA) is 76.0 Å². The van der Waals surface area contributed by atoms with E-state index in [-0.39, 0.29) is 24.3 Å². The van der Waals surface area contributed by atoms with Gasteiger partial charge in [0.25, 0.3) is 6.29 Å². The molecular formula is C17H19F3O5. The van der Waals surface area contributed by atoms with Crippen molar-refractivity contribution in [2.24, 2.45) is 5.92 Å². The number of phenols is 1. The zero-order valence-corrected chi connectivity index (χ0v) is 13.3. The molecule has 0 saturated carbocycles. The van der Waals surface area contributed by atoms with E-state index in [4.69, 9.17) is 14.6 Å². The molecule has 0 amide bonds. The molecule has 0 radical (unpaired) electrons. The number of aliphatic carboxylic acids is 1. The SMILES string of the molecule is O=C(O)CC/C=C\CC1COC(C(F)(F)F)OC1c1ccccc1O. The monoisotopic (exact) mass is 360 g/mol. The van der Waals surface area contributed by atoms with Crippen molar-refractivity contribution in [1.29, 1.82) is 0 Å². The normalized spacial score (nSPS) is 24.5. The first kappa shape index (κ1) is 19.3. The largest absolute Gasteiger partial charge is 0.508 e. The molecule has 1 aliphatic rings. The van der Waals surface area contributed by atoms with Crippen LogP contribution in [0.4, 0.5) is 13.2 Å². The van der Waals surface area contributed by atoms with Crippen LogP contribution < -0.4 is 0 Å².